The van der Waals surface area contributed by atoms with Gasteiger partial charge in [0.05, 0.1) is 0 Å². The van der Waals surface area contributed by atoms with Crippen molar-refractivity contribution in [2.45, 2.75) is 46.6 Å². The molecule has 1 heteroatoms. The average molecular weight is 219 g/mol. The van der Waals surface area contributed by atoms with E-state index >= 15 is 0 Å². The molecule has 0 aromatic heterocycles. The highest BCUT2D eigenvalue weighted by Crippen LogP contribution is 2.26. The summed E-state index contributed by atoms with van der Waals surface area (Å²) in [6, 6.07) is 8.92. The van der Waals surface area contributed by atoms with Crippen LogP contribution in [0.3, 0.4) is 0 Å². The molecule has 0 saturated heterocycles. The highest BCUT2D eigenvalue weighted by atomic mass is 14.6. The van der Waals surface area contributed by atoms with E-state index in [-0.39, 0.29) is 6.04 Å². The molecule has 0 aliphatic heterocycles. The molecule has 0 bridgehead atoms. The van der Waals surface area contributed by atoms with Crippen molar-refractivity contribution in [3.8, 4) is 0 Å². The first-order chi connectivity index (χ1) is 7.56. The summed E-state index contributed by atoms with van der Waals surface area (Å²) in [6.07, 6.45) is 2.34. The molecular weight excluding hydrogens is 194 g/mol. The molecule has 0 radical (unpaired) electrons. The second-order valence-electron chi connectivity index (χ2n) is 5.12. The lowest BCUT2D eigenvalue weighted by Crippen LogP contribution is -2.23. The van der Waals surface area contributed by atoms with Crippen molar-refractivity contribution in [3.63, 3.8) is 0 Å². The molecule has 16 heavy (non-hydrogen) atoms. The second-order valence-corrected chi connectivity index (χ2v) is 5.12. The molecule has 0 heterocycles. The third-order valence-electron chi connectivity index (χ3n) is 3.49. The summed E-state index contributed by atoms with van der Waals surface area (Å²) >= 11 is 0. The van der Waals surface area contributed by atoms with Crippen molar-refractivity contribution in [2.75, 3.05) is 0 Å². The van der Waals surface area contributed by atoms with E-state index in [0.29, 0.717) is 11.8 Å². The van der Waals surface area contributed by atoms with E-state index in [1.165, 1.54) is 17.5 Å². The van der Waals surface area contributed by atoms with Gasteiger partial charge >= 0.3 is 0 Å². The summed E-state index contributed by atoms with van der Waals surface area (Å²) in [5, 5.41) is 0. The van der Waals surface area contributed by atoms with Gasteiger partial charge in [0.1, 0.15) is 0 Å². The molecule has 0 saturated carbocycles. The van der Waals surface area contributed by atoms with Crippen molar-refractivity contribution in [1.82, 2.24) is 0 Å². The number of nitrogens with two attached hydrogens (primary N) is 1. The largest absolute Gasteiger partial charge is 0.324 e. The van der Waals surface area contributed by atoms with Gasteiger partial charge < -0.3 is 5.73 Å². The van der Waals surface area contributed by atoms with Crippen molar-refractivity contribution < 1.29 is 0 Å². The van der Waals surface area contributed by atoms with E-state index in [0.717, 1.165) is 6.42 Å². The Morgan fingerprint density at radius 3 is 2.44 bits per heavy atom. The monoisotopic (exact) mass is 219 g/mol. The van der Waals surface area contributed by atoms with Gasteiger partial charge in [-0.2, -0.15) is 0 Å². The minimum absolute atomic E-state index is 0.164. The van der Waals surface area contributed by atoms with Crippen LogP contribution in [0.15, 0.2) is 24.3 Å². The van der Waals surface area contributed by atoms with Crippen LogP contribution in [0.4, 0.5) is 0 Å². The first kappa shape index (κ1) is 13.2. The highest BCUT2D eigenvalue weighted by molar-refractivity contribution is 5.26. The van der Waals surface area contributed by atoms with Gasteiger partial charge in [0.2, 0.25) is 0 Å². The predicted molar refractivity (Wildman–Crippen MR) is 71.4 cm³/mol. The van der Waals surface area contributed by atoms with Crippen LogP contribution >= 0.6 is 0 Å². The van der Waals surface area contributed by atoms with Crippen LogP contribution in [0.25, 0.3) is 0 Å². The van der Waals surface area contributed by atoms with Gasteiger partial charge in [-0.25, -0.2) is 0 Å². The Bertz CT molecular complexity index is 317. The molecule has 0 aliphatic rings. The molecule has 1 aromatic rings. The number of aryl methyl sites for hydroxylation is 1. The molecule has 0 amide bonds. The fourth-order valence-electron chi connectivity index (χ4n) is 1.96. The van der Waals surface area contributed by atoms with Gasteiger partial charge in [-0.3, -0.25) is 0 Å². The summed E-state index contributed by atoms with van der Waals surface area (Å²) in [4.78, 5) is 0. The van der Waals surface area contributed by atoms with E-state index in [2.05, 4.69) is 52.0 Å². The molecule has 2 unspecified atom stereocenters. The predicted octanol–water partition coefficient (Wildman–Crippen LogP) is 3.93. The van der Waals surface area contributed by atoms with Crippen molar-refractivity contribution in [2.24, 2.45) is 17.6 Å². The molecule has 1 nitrogen and oxygen atoms in total. The summed E-state index contributed by atoms with van der Waals surface area (Å²) in [5.74, 6) is 1.15. The van der Waals surface area contributed by atoms with Crippen molar-refractivity contribution in [3.05, 3.63) is 35.4 Å². The molecule has 1 rings (SSSR count). The summed E-state index contributed by atoms with van der Waals surface area (Å²) < 4.78 is 0. The Kier molecular flexibility index (Phi) is 5.01. The van der Waals surface area contributed by atoms with Gasteiger partial charge in [-0.1, -0.05) is 58.4 Å². The van der Waals surface area contributed by atoms with Crippen LogP contribution in [-0.2, 0) is 6.42 Å². The third-order valence-corrected chi connectivity index (χ3v) is 3.49. The van der Waals surface area contributed by atoms with Crippen LogP contribution in [0.1, 0.15) is 51.3 Å². The molecule has 90 valence electrons. The minimum Gasteiger partial charge on any atom is -0.324 e. The molecule has 2 N–H and O–H groups in total. The second kappa shape index (κ2) is 6.05. The zero-order valence-electron chi connectivity index (χ0n) is 11.0. The van der Waals surface area contributed by atoms with Crippen LogP contribution in [0.2, 0.25) is 0 Å². The Balaban J connectivity index is 2.82. The zero-order chi connectivity index (χ0) is 12.1. The molecule has 0 fully saturated rings. The van der Waals surface area contributed by atoms with Gasteiger partial charge in [-0.15, -0.1) is 0 Å². The first-order valence-electron chi connectivity index (χ1n) is 6.40. The maximum absolute atomic E-state index is 6.30. The number of benzene rings is 1. The maximum Gasteiger partial charge on any atom is 0.0323 e. The summed E-state index contributed by atoms with van der Waals surface area (Å²) in [6.45, 7) is 8.92. The number of hydrogen-bond donors (Lipinski definition) is 1. The fraction of sp³-hybridized carbons (Fsp3) is 0.600. The van der Waals surface area contributed by atoms with Crippen LogP contribution in [0, 0.1) is 11.8 Å². The zero-order valence-corrected chi connectivity index (χ0v) is 11.0. The number of hydrogen-bond acceptors (Lipinski definition) is 1. The van der Waals surface area contributed by atoms with Crippen molar-refractivity contribution in [1.29, 1.82) is 0 Å². The maximum atomic E-state index is 6.30. The summed E-state index contributed by atoms with van der Waals surface area (Å²) in [7, 11) is 0. The average Bonchev–Trinajstić information content (AvgIpc) is 2.28. The van der Waals surface area contributed by atoms with Crippen LogP contribution in [-0.4, -0.2) is 0 Å². The summed E-state index contributed by atoms with van der Waals surface area (Å²) in [5.41, 5.74) is 9.00. The van der Waals surface area contributed by atoms with Crippen LogP contribution in [0.5, 0.6) is 0 Å². The highest BCUT2D eigenvalue weighted by Gasteiger charge is 2.17. The lowest BCUT2D eigenvalue weighted by atomic mass is 9.86. The standard InChI is InChI=1S/C15H25N/c1-5-7-13-8-6-9-14(10-13)15(16)12(4)11(2)3/h6,8-12,15H,5,7,16H2,1-4H3. The van der Waals surface area contributed by atoms with Gasteiger partial charge in [0.25, 0.3) is 0 Å². The van der Waals surface area contributed by atoms with Gasteiger partial charge in [0, 0.05) is 6.04 Å². The quantitative estimate of drug-likeness (QED) is 0.797. The van der Waals surface area contributed by atoms with E-state index in [1.807, 2.05) is 0 Å². The topological polar surface area (TPSA) is 26.0 Å². The molecule has 0 aliphatic carbocycles. The smallest absolute Gasteiger partial charge is 0.0323 e. The SMILES string of the molecule is CCCc1cccc(C(N)C(C)C(C)C)c1. The molecule has 0 spiro atoms. The van der Waals surface area contributed by atoms with E-state index in [9.17, 15) is 0 Å². The Morgan fingerprint density at radius 1 is 1.19 bits per heavy atom. The lowest BCUT2D eigenvalue weighted by Gasteiger charge is -2.24. The van der Waals surface area contributed by atoms with Crippen molar-refractivity contribution >= 4 is 0 Å². The number of rotatable bonds is 5. The van der Waals surface area contributed by atoms with Gasteiger partial charge in [0.15, 0.2) is 0 Å². The molecular formula is C15H25N. The van der Waals surface area contributed by atoms with Crippen LogP contribution < -0.4 is 5.73 Å². The molecule has 1 aromatic carbocycles. The Morgan fingerprint density at radius 2 is 1.88 bits per heavy atom. The Labute approximate surface area is 100 Å². The lowest BCUT2D eigenvalue weighted by molar-refractivity contribution is 0.352. The fourth-order valence-corrected chi connectivity index (χ4v) is 1.96. The Hall–Kier alpha value is -0.820. The third kappa shape index (κ3) is 3.34. The van der Waals surface area contributed by atoms with Gasteiger partial charge in [-0.05, 0) is 29.4 Å². The molecule has 2 atom stereocenters. The van der Waals surface area contributed by atoms with E-state index < -0.39 is 0 Å². The normalized spacial score (nSPS) is 15.1. The minimum atomic E-state index is 0.164. The van der Waals surface area contributed by atoms with E-state index in [1.54, 1.807) is 0 Å². The first-order valence-corrected chi connectivity index (χ1v) is 6.40. The van der Waals surface area contributed by atoms with E-state index in [4.69, 9.17) is 5.73 Å².